The summed E-state index contributed by atoms with van der Waals surface area (Å²) in [7, 11) is 0. The maximum Gasteiger partial charge on any atom is 0.141 e. The minimum atomic E-state index is 0.429. The van der Waals surface area contributed by atoms with E-state index < -0.39 is 0 Å². The van der Waals surface area contributed by atoms with E-state index in [2.05, 4.69) is 4.98 Å². The Kier molecular flexibility index (Phi) is 2.45. The molecule has 0 radical (unpaired) electrons. The third-order valence-electron chi connectivity index (χ3n) is 1.28. The normalized spacial score (nSPS) is 9.18. The third kappa shape index (κ3) is 1.92. The number of aryl methyl sites for hydroxylation is 1. The van der Waals surface area contributed by atoms with Crippen LogP contribution in [-0.2, 0) is 5.88 Å². The number of hydrogen-bond donors (Lipinski definition) is 0. The number of alkyl halides is 1. The van der Waals surface area contributed by atoms with Crippen molar-refractivity contribution in [2.45, 2.75) is 12.8 Å². The zero-order chi connectivity index (χ0) is 8.27. The molecule has 0 saturated heterocycles. The summed E-state index contributed by atoms with van der Waals surface area (Å²) in [6, 6.07) is 5.54. The lowest BCUT2D eigenvalue weighted by Crippen LogP contribution is -1.89. The molecule has 2 nitrogen and oxygen atoms in total. The van der Waals surface area contributed by atoms with Crippen LogP contribution in [-0.4, -0.2) is 4.98 Å². The van der Waals surface area contributed by atoms with Crippen LogP contribution in [0.3, 0.4) is 0 Å². The standard InChI is InChI=1S/C8H7ClN2/c1-6-2-7(4-9)3-8(5-10)11-6/h2-3H,4H2,1H3. The van der Waals surface area contributed by atoms with Crippen molar-refractivity contribution < 1.29 is 0 Å². The summed E-state index contributed by atoms with van der Waals surface area (Å²) in [4.78, 5) is 3.98. The Balaban J connectivity index is 3.15. The van der Waals surface area contributed by atoms with Crippen molar-refractivity contribution in [1.82, 2.24) is 4.98 Å². The molecule has 3 heteroatoms. The van der Waals surface area contributed by atoms with Crippen LogP contribution in [0, 0.1) is 18.3 Å². The van der Waals surface area contributed by atoms with E-state index in [9.17, 15) is 0 Å². The first kappa shape index (κ1) is 8.03. The smallest absolute Gasteiger partial charge is 0.141 e. The number of nitriles is 1. The van der Waals surface area contributed by atoms with Crippen LogP contribution >= 0.6 is 11.6 Å². The van der Waals surface area contributed by atoms with E-state index in [0.29, 0.717) is 11.6 Å². The Morgan fingerprint density at radius 2 is 2.36 bits per heavy atom. The fourth-order valence-corrected chi connectivity index (χ4v) is 1.03. The van der Waals surface area contributed by atoms with E-state index in [0.717, 1.165) is 11.3 Å². The molecule has 0 atom stereocenters. The van der Waals surface area contributed by atoms with Crippen molar-refractivity contribution in [3.63, 3.8) is 0 Å². The Hall–Kier alpha value is -1.07. The van der Waals surface area contributed by atoms with Gasteiger partial charge in [0.05, 0.1) is 0 Å². The van der Waals surface area contributed by atoms with E-state index in [1.54, 1.807) is 6.07 Å². The van der Waals surface area contributed by atoms with Crippen molar-refractivity contribution in [2.24, 2.45) is 0 Å². The lowest BCUT2D eigenvalue weighted by atomic mass is 10.2. The zero-order valence-corrected chi connectivity index (χ0v) is 6.89. The first-order valence-electron chi connectivity index (χ1n) is 3.20. The highest BCUT2D eigenvalue weighted by molar-refractivity contribution is 6.17. The summed E-state index contributed by atoms with van der Waals surface area (Å²) in [6.45, 7) is 1.84. The van der Waals surface area contributed by atoms with Crippen LogP contribution in [0.2, 0.25) is 0 Å². The number of nitrogens with zero attached hydrogens (tertiary/aromatic N) is 2. The van der Waals surface area contributed by atoms with Crippen LogP contribution in [0.1, 0.15) is 17.0 Å². The predicted molar refractivity (Wildman–Crippen MR) is 43.2 cm³/mol. The molecule has 1 heterocycles. The van der Waals surface area contributed by atoms with Gasteiger partial charge in [0.1, 0.15) is 11.8 Å². The van der Waals surface area contributed by atoms with Gasteiger partial charge in [-0.1, -0.05) is 0 Å². The summed E-state index contributed by atoms with van der Waals surface area (Å²) >= 11 is 5.59. The molecule has 0 saturated carbocycles. The summed E-state index contributed by atoms with van der Waals surface area (Å²) in [5, 5.41) is 8.53. The van der Waals surface area contributed by atoms with Crippen LogP contribution in [0.4, 0.5) is 0 Å². The molecule has 1 aromatic rings. The SMILES string of the molecule is Cc1cc(CCl)cc(C#N)n1. The van der Waals surface area contributed by atoms with Crippen LogP contribution < -0.4 is 0 Å². The van der Waals surface area contributed by atoms with Crippen molar-refractivity contribution in [3.05, 3.63) is 29.1 Å². The average molecular weight is 167 g/mol. The maximum atomic E-state index is 8.53. The van der Waals surface area contributed by atoms with Gasteiger partial charge in [0, 0.05) is 11.6 Å². The second kappa shape index (κ2) is 3.36. The zero-order valence-electron chi connectivity index (χ0n) is 6.13. The molecule has 0 fully saturated rings. The molecule has 1 rings (SSSR count). The predicted octanol–water partition coefficient (Wildman–Crippen LogP) is 2.00. The van der Waals surface area contributed by atoms with E-state index in [4.69, 9.17) is 16.9 Å². The Morgan fingerprint density at radius 1 is 1.64 bits per heavy atom. The second-order valence-electron chi connectivity index (χ2n) is 2.25. The van der Waals surface area contributed by atoms with Crippen molar-refractivity contribution in [3.8, 4) is 6.07 Å². The fourth-order valence-electron chi connectivity index (χ4n) is 0.875. The second-order valence-corrected chi connectivity index (χ2v) is 2.51. The van der Waals surface area contributed by atoms with Crippen LogP contribution in [0.15, 0.2) is 12.1 Å². The molecule has 0 bridgehead atoms. The molecule has 0 aromatic carbocycles. The van der Waals surface area contributed by atoms with Gasteiger partial charge in [0.15, 0.2) is 0 Å². The molecular formula is C8H7ClN2. The summed E-state index contributed by atoms with van der Waals surface area (Å²) in [5.41, 5.74) is 2.20. The molecule has 0 N–H and O–H groups in total. The van der Waals surface area contributed by atoms with Crippen molar-refractivity contribution in [2.75, 3.05) is 0 Å². The van der Waals surface area contributed by atoms with Gasteiger partial charge in [0.25, 0.3) is 0 Å². The minimum Gasteiger partial charge on any atom is -0.242 e. The molecule has 0 aliphatic rings. The van der Waals surface area contributed by atoms with Gasteiger partial charge in [-0.05, 0) is 24.6 Å². The van der Waals surface area contributed by atoms with Gasteiger partial charge in [-0.15, -0.1) is 11.6 Å². The monoisotopic (exact) mass is 166 g/mol. The number of aromatic nitrogens is 1. The first-order valence-corrected chi connectivity index (χ1v) is 3.73. The average Bonchev–Trinajstić information content (AvgIpc) is 2.03. The number of hydrogen-bond acceptors (Lipinski definition) is 2. The van der Waals surface area contributed by atoms with Crippen molar-refractivity contribution >= 4 is 11.6 Å². The summed E-state index contributed by atoms with van der Waals surface area (Å²) < 4.78 is 0. The number of rotatable bonds is 1. The molecule has 0 unspecified atom stereocenters. The lowest BCUT2D eigenvalue weighted by Gasteiger charge is -1.96. The van der Waals surface area contributed by atoms with E-state index in [1.807, 2.05) is 19.1 Å². The van der Waals surface area contributed by atoms with Gasteiger partial charge >= 0.3 is 0 Å². The van der Waals surface area contributed by atoms with Gasteiger partial charge in [-0.25, -0.2) is 4.98 Å². The molecular weight excluding hydrogens is 160 g/mol. The topological polar surface area (TPSA) is 36.7 Å². The number of pyridine rings is 1. The molecule has 0 aliphatic heterocycles. The van der Waals surface area contributed by atoms with Crippen LogP contribution in [0.5, 0.6) is 0 Å². The van der Waals surface area contributed by atoms with Crippen LogP contribution in [0.25, 0.3) is 0 Å². The summed E-state index contributed by atoms with van der Waals surface area (Å²) in [6.07, 6.45) is 0. The van der Waals surface area contributed by atoms with E-state index in [1.165, 1.54) is 0 Å². The van der Waals surface area contributed by atoms with Gasteiger partial charge in [0.2, 0.25) is 0 Å². The van der Waals surface area contributed by atoms with E-state index in [-0.39, 0.29) is 0 Å². The van der Waals surface area contributed by atoms with Gasteiger partial charge in [-0.2, -0.15) is 5.26 Å². The number of halogens is 1. The molecule has 0 amide bonds. The fraction of sp³-hybridized carbons (Fsp3) is 0.250. The molecule has 0 spiro atoms. The Morgan fingerprint density at radius 3 is 2.91 bits per heavy atom. The summed E-state index contributed by atoms with van der Waals surface area (Å²) in [5.74, 6) is 0.429. The van der Waals surface area contributed by atoms with Gasteiger partial charge < -0.3 is 0 Å². The molecule has 1 aromatic heterocycles. The molecule has 11 heavy (non-hydrogen) atoms. The highest BCUT2D eigenvalue weighted by atomic mass is 35.5. The first-order chi connectivity index (χ1) is 5.26. The highest BCUT2D eigenvalue weighted by Gasteiger charge is 1.96. The minimum absolute atomic E-state index is 0.429. The van der Waals surface area contributed by atoms with Crippen molar-refractivity contribution in [1.29, 1.82) is 5.26 Å². The quantitative estimate of drug-likeness (QED) is 0.599. The third-order valence-corrected chi connectivity index (χ3v) is 1.59. The Labute approximate surface area is 70.4 Å². The Bertz CT molecular complexity index is 301. The highest BCUT2D eigenvalue weighted by Crippen LogP contribution is 2.07. The maximum absolute atomic E-state index is 8.53. The lowest BCUT2D eigenvalue weighted by molar-refractivity contribution is 1.14. The molecule has 0 aliphatic carbocycles. The van der Waals surface area contributed by atoms with E-state index >= 15 is 0 Å². The molecule has 56 valence electrons. The largest absolute Gasteiger partial charge is 0.242 e. The van der Waals surface area contributed by atoms with Gasteiger partial charge in [-0.3, -0.25) is 0 Å².